The van der Waals surface area contributed by atoms with Crippen LogP contribution in [0.15, 0.2) is 40.1 Å². The molecule has 5 nitrogen and oxygen atoms in total. The van der Waals surface area contributed by atoms with E-state index in [9.17, 15) is 13.6 Å². The number of nitrogens with zero attached hydrogens (tertiary/aromatic N) is 1. The van der Waals surface area contributed by atoms with E-state index in [0.717, 1.165) is 5.56 Å². The minimum Gasteiger partial charge on any atom is -0.466 e. The van der Waals surface area contributed by atoms with Gasteiger partial charge in [0.2, 0.25) is 0 Å². The standard InChI is InChI=1S/C17H14F2N2O3S/c1-9-7-13(10(2)23-9)15(22)21-17-20-14(8-25-17)11-3-5-12(6-4-11)24-16(18)19/h3-8,16H,1-2H3,(H,20,21,22). The fourth-order valence-electron chi connectivity index (χ4n) is 2.29. The van der Waals surface area contributed by atoms with Gasteiger partial charge in [-0.05, 0) is 44.2 Å². The van der Waals surface area contributed by atoms with E-state index in [-0.39, 0.29) is 11.7 Å². The van der Waals surface area contributed by atoms with E-state index in [1.54, 1.807) is 37.4 Å². The van der Waals surface area contributed by atoms with Gasteiger partial charge in [-0.2, -0.15) is 8.78 Å². The summed E-state index contributed by atoms with van der Waals surface area (Å²) in [5, 5.41) is 4.93. The Labute approximate surface area is 146 Å². The van der Waals surface area contributed by atoms with Gasteiger partial charge in [0, 0.05) is 10.9 Å². The van der Waals surface area contributed by atoms with Gasteiger partial charge in [0.05, 0.1) is 11.3 Å². The summed E-state index contributed by atoms with van der Waals surface area (Å²) in [5.41, 5.74) is 1.82. The fourth-order valence-corrected chi connectivity index (χ4v) is 3.01. The summed E-state index contributed by atoms with van der Waals surface area (Å²) in [6, 6.07) is 7.80. The summed E-state index contributed by atoms with van der Waals surface area (Å²) >= 11 is 1.27. The highest BCUT2D eigenvalue weighted by Gasteiger charge is 2.15. The van der Waals surface area contributed by atoms with Gasteiger partial charge in [-0.15, -0.1) is 11.3 Å². The third kappa shape index (κ3) is 4.03. The van der Waals surface area contributed by atoms with Crippen molar-refractivity contribution in [2.75, 3.05) is 5.32 Å². The summed E-state index contributed by atoms with van der Waals surface area (Å²) in [5.74, 6) is 0.985. The maximum Gasteiger partial charge on any atom is 0.387 e. The zero-order valence-electron chi connectivity index (χ0n) is 13.4. The topological polar surface area (TPSA) is 64.4 Å². The third-order valence-corrected chi connectivity index (χ3v) is 4.14. The number of nitrogens with one attached hydrogen (secondary N) is 1. The summed E-state index contributed by atoms with van der Waals surface area (Å²) in [7, 11) is 0. The van der Waals surface area contributed by atoms with E-state index in [1.807, 2.05) is 0 Å². The largest absolute Gasteiger partial charge is 0.466 e. The number of carbonyl (C=O) groups excluding carboxylic acids is 1. The molecule has 0 spiro atoms. The van der Waals surface area contributed by atoms with Crippen LogP contribution in [0.25, 0.3) is 11.3 Å². The Morgan fingerprint density at radius 2 is 2.00 bits per heavy atom. The van der Waals surface area contributed by atoms with Gasteiger partial charge < -0.3 is 9.15 Å². The van der Waals surface area contributed by atoms with E-state index in [4.69, 9.17) is 4.42 Å². The minimum atomic E-state index is -2.86. The molecular weight excluding hydrogens is 350 g/mol. The van der Waals surface area contributed by atoms with Crippen LogP contribution in [-0.2, 0) is 0 Å². The van der Waals surface area contributed by atoms with Crippen LogP contribution >= 0.6 is 11.3 Å². The molecule has 0 atom stereocenters. The van der Waals surface area contributed by atoms with Gasteiger partial charge in [0.25, 0.3) is 5.91 Å². The highest BCUT2D eigenvalue weighted by Crippen LogP contribution is 2.27. The molecule has 0 aliphatic carbocycles. The molecule has 2 heterocycles. The highest BCUT2D eigenvalue weighted by atomic mass is 32.1. The summed E-state index contributed by atoms with van der Waals surface area (Å²) in [6.07, 6.45) is 0. The fraction of sp³-hybridized carbons (Fsp3) is 0.176. The molecule has 0 aliphatic rings. The molecular formula is C17H14F2N2O3S. The Morgan fingerprint density at radius 1 is 1.28 bits per heavy atom. The molecule has 25 heavy (non-hydrogen) atoms. The number of halogens is 2. The summed E-state index contributed by atoms with van der Waals surface area (Å²) < 4.78 is 34.0. The van der Waals surface area contributed by atoms with Gasteiger partial charge in [-0.3, -0.25) is 10.1 Å². The van der Waals surface area contributed by atoms with Crippen molar-refractivity contribution in [2.24, 2.45) is 0 Å². The smallest absolute Gasteiger partial charge is 0.387 e. The number of carbonyl (C=O) groups is 1. The van der Waals surface area contributed by atoms with E-state index >= 15 is 0 Å². The number of anilines is 1. The number of aromatic nitrogens is 1. The van der Waals surface area contributed by atoms with Gasteiger partial charge in [0.1, 0.15) is 17.3 Å². The zero-order valence-corrected chi connectivity index (χ0v) is 14.2. The molecule has 0 unspecified atom stereocenters. The number of aryl methyl sites for hydroxylation is 2. The predicted octanol–water partition coefficient (Wildman–Crippen LogP) is 4.87. The first-order valence-electron chi connectivity index (χ1n) is 7.31. The van der Waals surface area contributed by atoms with Crippen molar-refractivity contribution in [3.05, 3.63) is 52.8 Å². The quantitative estimate of drug-likeness (QED) is 0.701. The molecule has 0 saturated heterocycles. The molecule has 1 aromatic carbocycles. The van der Waals surface area contributed by atoms with Crippen molar-refractivity contribution in [1.29, 1.82) is 0 Å². The molecule has 0 radical (unpaired) electrons. The number of hydrogen-bond acceptors (Lipinski definition) is 5. The van der Waals surface area contributed by atoms with Crippen LogP contribution in [0.2, 0.25) is 0 Å². The number of rotatable bonds is 5. The van der Waals surface area contributed by atoms with Crippen LogP contribution < -0.4 is 10.1 Å². The Bertz CT molecular complexity index is 888. The van der Waals surface area contributed by atoms with Gasteiger partial charge in [-0.25, -0.2) is 4.98 Å². The molecule has 3 rings (SSSR count). The average Bonchev–Trinajstić information content (AvgIpc) is 3.14. The van der Waals surface area contributed by atoms with Crippen molar-refractivity contribution < 1.29 is 22.7 Å². The van der Waals surface area contributed by atoms with Crippen molar-refractivity contribution >= 4 is 22.4 Å². The SMILES string of the molecule is Cc1cc(C(=O)Nc2nc(-c3ccc(OC(F)F)cc3)cs2)c(C)o1. The van der Waals surface area contributed by atoms with Crippen LogP contribution in [0.1, 0.15) is 21.9 Å². The summed E-state index contributed by atoms with van der Waals surface area (Å²) in [4.78, 5) is 16.6. The first-order valence-corrected chi connectivity index (χ1v) is 8.19. The normalized spacial score (nSPS) is 10.9. The molecule has 1 amide bonds. The van der Waals surface area contributed by atoms with Crippen molar-refractivity contribution in [1.82, 2.24) is 4.98 Å². The molecule has 2 aromatic heterocycles. The molecule has 130 valence electrons. The number of ether oxygens (including phenoxy) is 1. The lowest BCUT2D eigenvalue weighted by Gasteiger charge is -2.04. The van der Waals surface area contributed by atoms with Crippen LogP contribution in [-0.4, -0.2) is 17.5 Å². The minimum absolute atomic E-state index is 0.0771. The van der Waals surface area contributed by atoms with E-state index in [2.05, 4.69) is 15.0 Å². The maximum absolute atomic E-state index is 12.2. The molecule has 8 heteroatoms. The first-order chi connectivity index (χ1) is 11.9. The van der Waals surface area contributed by atoms with Crippen LogP contribution in [0.4, 0.5) is 13.9 Å². The number of hydrogen-bond donors (Lipinski definition) is 1. The number of benzene rings is 1. The van der Waals surface area contributed by atoms with Crippen molar-refractivity contribution in [2.45, 2.75) is 20.5 Å². The first kappa shape index (κ1) is 17.1. The third-order valence-electron chi connectivity index (χ3n) is 3.39. The second-order valence-electron chi connectivity index (χ2n) is 5.22. The number of furan rings is 1. The van der Waals surface area contributed by atoms with E-state index in [1.165, 1.54) is 23.5 Å². The van der Waals surface area contributed by atoms with Crippen LogP contribution in [0.3, 0.4) is 0 Å². The number of thiazole rings is 1. The molecule has 0 fully saturated rings. The summed E-state index contributed by atoms with van der Waals surface area (Å²) in [6.45, 7) is 0.632. The highest BCUT2D eigenvalue weighted by molar-refractivity contribution is 7.14. The average molecular weight is 364 g/mol. The maximum atomic E-state index is 12.2. The second-order valence-corrected chi connectivity index (χ2v) is 6.08. The predicted molar refractivity (Wildman–Crippen MR) is 90.3 cm³/mol. The lowest BCUT2D eigenvalue weighted by Crippen LogP contribution is -2.11. The molecule has 1 N–H and O–H groups in total. The van der Waals surface area contributed by atoms with Crippen LogP contribution in [0, 0.1) is 13.8 Å². The van der Waals surface area contributed by atoms with Gasteiger partial charge in [-0.1, -0.05) is 0 Å². The molecule has 0 saturated carbocycles. The second kappa shape index (κ2) is 7.02. The zero-order chi connectivity index (χ0) is 18.0. The Kier molecular flexibility index (Phi) is 4.80. The number of amides is 1. The monoisotopic (exact) mass is 364 g/mol. The molecule has 0 aliphatic heterocycles. The molecule has 3 aromatic rings. The van der Waals surface area contributed by atoms with Crippen molar-refractivity contribution in [3.63, 3.8) is 0 Å². The van der Waals surface area contributed by atoms with Gasteiger partial charge >= 0.3 is 6.61 Å². The lowest BCUT2D eigenvalue weighted by molar-refractivity contribution is -0.0498. The van der Waals surface area contributed by atoms with E-state index in [0.29, 0.717) is 27.9 Å². The van der Waals surface area contributed by atoms with Crippen LogP contribution in [0.5, 0.6) is 5.75 Å². The Balaban J connectivity index is 1.72. The van der Waals surface area contributed by atoms with Gasteiger partial charge in [0.15, 0.2) is 5.13 Å². The Morgan fingerprint density at radius 3 is 2.60 bits per heavy atom. The van der Waals surface area contributed by atoms with E-state index < -0.39 is 6.61 Å². The molecule has 0 bridgehead atoms. The lowest BCUT2D eigenvalue weighted by atomic mass is 10.2. The van der Waals surface area contributed by atoms with Crippen molar-refractivity contribution in [3.8, 4) is 17.0 Å². The Hall–Kier alpha value is -2.74. The number of alkyl halides is 2.